The van der Waals surface area contributed by atoms with Gasteiger partial charge in [-0.3, -0.25) is 10.1 Å². The highest BCUT2D eigenvalue weighted by Crippen LogP contribution is 2.32. The molecular formula is C16H15N3O3S. The van der Waals surface area contributed by atoms with Gasteiger partial charge < -0.3 is 4.74 Å². The Bertz CT molecular complexity index is 800. The lowest BCUT2D eigenvalue weighted by atomic mass is 10.1. The molecule has 0 fully saturated rings. The van der Waals surface area contributed by atoms with Gasteiger partial charge >= 0.3 is 0 Å². The number of methoxy groups -OCH3 is 1. The van der Waals surface area contributed by atoms with Crippen molar-refractivity contribution in [1.82, 2.24) is 4.98 Å². The minimum absolute atomic E-state index is 0.00953. The number of nitrogens with zero attached hydrogens (tertiary/aromatic N) is 3. The van der Waals surface area contributed by atoms with Crippen LogP contribution in [0.15, 0.2) is 29.3 Å². The Hall–Kier alpha value is -2.59. The van der Waals surface area contributed by atoms with Gasteiger partial charge in [0.05, 0.1) is 17.6 Å². The number of nitriles is 1. The number of nitro benzene ring substituents is 1. The topological polar surface area (TPSA) is 89.1 Å². The maximum atomic E-state index is 10.9. The number of aryl methyl sites for hydroxylation is 2. The third kappa shape index (κ3) is 3.79. The Morgan fingerprint density at radius 1 is 1.39 bits per heavy atom. The first-order valence-electron chi connectivity index (χ1n) is 6.78. The summed E-state index contributed by atoms with van der Waals surface area (Å²) in [6.45, 7) is 3.73. The predicted octanol–water partition coefficient (Wildman–Crippen LogP) is 3.78. The molecule has 0 aliphatic carbocycles. The van der Waals surface area contributed by atoms with Crippen LogP contribution in [-0.4, -0.2) is 17.0 Å². The van der Waals surface area contributed by atoms with Crippen LogP contribution in [0.2, 0.25) is 0 Å². The molecule has 0 atom stereocenters. The first-order chi connectivity index (χ1) is 11.0. The summed E-state index contributed by atoms with van der Waals surface area (Å²) >= 11 is 1.37. The maximum Gasteiger partial charge on any atom is 0.270 e. The molecular weight excluding hydrogens is 314 g/mol. The molecule has 1 aromatic carbocycles. The molecule has 1 aromatic heterocycles. The normalized spacial score (nSPS) is 10.2. The summed E-state index contributed by atoms with van der Waals surface area (Å²) in [6.07, 6.45) is 0. The molecule has 0 spiro atoms. The second kappa shape index (κ2) is 7.11. The molecule has 0 saturated carbocycles. The average Bonchev–Trinajstić information content (AvgIpc) is 2.52. The lowest BCUT2D eigenvalue weighted by Gasteiger charge is -2.10. The van der Waals surface area contributed by atoms with E-state index in [0.29, 0.717) is 27.7 Å². The molecule has 118 valence electrons. The maximum absolute atomic E-state index is 10.9. The van der Waals surface area contributed by atoms with Crippen molar-refractivity contribution in [3.05, 3.63) is 56.8 Å². The van der Waals surface area contributed by atoms with E-state index in [0.717, 1.165) is 11.3 Å². The Balaban J connectivity index is 2.33. The average molecular weight is 329 g/mol. The van der Waals surface area contributed by atoms with Gasteiger partial charge in [0, 0.05) is 29.1 Å². The lowest BCUT2D eigenvalue weighted by Crippen LogP contribution is -1.97. The summed E-state index contributed by atoms with van der Waals surface area (Å²) in [4.78, 5) is 14.9. The molecule has 0 bridgehead atoms. The Morgan fingerprint density at radius 3 is 2.74 bits per heavy atom. The van der Waals surface area contributed by atoms with Crippen LogP contribution in [-0.2, 0) is 5.75 Å². The molecule has 23 heavy (non-hydrogen) atoms. The number of ether oxygens (including phenoxy) is 1. The fraction of sp³-hybridized carbons (Fsp3) is 0.250. The van der Waals surface area contributed by atoms with E-state index in [1.54, 1.807) is 6.07 Å². The van der Waals surface area contributed by atoms with Crippen molar-refractivity contribution in [2.45, 2.75) is 24.6 Å². The molecule has 6 nitrogen and oxygen atoms in total. The van der Waals surface area contributed by atoms with Crippen molar-refractivity contribution in [2.24, 2.45) is 0 Å². The smallest absolute Gasteiger partial charge is 0.270 e. The lowest BCUT2D eigenvalue weighted by molar-refractivity contribution is -0.384. The fourth-order valence-electron chi connectivity index (χ4n) is 2.18. The van der Waals surface area contributed by atoms with E-state index in [2.05, 4.69) is 11.1 Å². The third-order valence-corrected chi connectivity index (χ3v) is 4.29. The quantitative estimate of drug-likeness (QED) is 0.471. The highest BCUT2D eigenvalue weighted by molar-refractivity contribution is 7.98. The first-order valence-corrected chi connectivity index (χ1v) is 7.77. The summed E-state index contributed by atoms with van der Waals surface area (Å²) in [5, 5.41) is 20.8. The van der Waals surface area contributed by atoms with Gasteiger partial charge in [-0.15, -0.1) is 11.8 Å². The van der Waals surface area contributed by atoms with Crippen LogP contribution < -0.4 is 4.74 Å². The van der Waals surface area contributed by atoms with Gasteiger partial charge in [-0.25, -0.2) is 4.98 Å². The number of rotatable bonds is 5. The molecule has 0 aliphatic rings. The van der Waals surface area contributed by atoms with Crippen LogP contribution in [0, 0.1) is 35.3 Å². The predicted molar refractivity (Wildman–Crippen MR) is 87.6 cm³/mol. The van der Waals surface area contributed by atoms with Gasteiger partial charge in [-0.1, -0.05) is 0 Å². The molecule has 0 radical (unpaired) electrons. The van der Waals surface area contributed by atoms with Gasteiger partial charge in [-0.05, 0) is 31.5 Å². The van der Waals surface area contributed by atoms with E-state index in [-0.39, 0.29) is 5.69 Å². The minimum Gasteiger partial charge on any atom is -0.496 e. The molecule has 0 amide bonds. The Kier molecular flexibility index (Phi) is 5.19. The molecule has 2 aromatic rings. The zero-order valence-electron chi connectivity index (χ0n) is 13.0. The van der Waals surface area contributed by atoms with E-state index in [1.165, 1.54) is 31.0 Å². The van der Waals surface area contributed by atoms with Crippen LogP contribution in [0.1, 0.15) is 22.4 Å². The van der Waals surface area contributed by atoms with Crippen molar-refractivity contribution in [3.63, 3.8) is 0 Å². The molecule has 0 aliphatic heterocycles. The second-order valence-corrected chi connectivity index (χ2v) is 5.88. The van der Waals surface area contributed by atoms with Gasteiger partial charge in [0.15, 0.2) is 0 Å². The van der Waals surface area contributed by atoms with Crippen LogP contribution in [0.5, 0.6) is 5.75 Å². The number of pyridine rings is 1. The minimum atomic E-state index is -0.441. The highest BCUT2D eigenvalue weighted by Gasteiger charge is 2.14. The molecule has 1 heterocycles. The van der Waals surface area contributed by atoms with E-state index < -0.39 is 4.92 Å². The summed E-state index contributed by atoms with van der Waals surface area (Å²) < 4.78 is 5.25. The van der Waals surface area contributed by atoms with E-state index in [9.17, 15) is 15.4 Å². The van der Waals surface area contributed by atoms with Crippen LogP contribution in [0.3, 0.4) is 0 Å². The van der Waals surface area contributed by atoms with Crippen molar-refractivity contribution in [2.75, 3.05) is 7.11 Å². The molecule has 0 saturated heterocycles. The van der Waals surface area contributed by atoms with Crippen molar-refractivity contribution in [3.8, 4) is 11.8 Å². The summed E-state index contributed by atoms with van der Waals surface area (Å²) in [5.41, 5.74) is 2.93. The fourth-order valence-corrected chi connectivity index (χ4v) is 3.26. The SMILES string of the molecule is COc1ccc([N+](=O)[O-])cc1CSc1nc(C)cc(C)c1C#N. The summed E-state index contributed by atoms with van der Waals surface area (Å²) in [7, 11) is 1.52. The summed E-state index contributed by atoms with van der Waals surface area (Å²) in [5.74, 6) is 1.00. The number of hydrogen-bond donors (Lipinski definition) is 0. The number of nitro groups is 1. The third-order valence-electron chi connectivity index (χ3n) is 3.26. The number of thioether (sulfide) groups is 1. The monoisotopic (exact) mass is 329 g/mol. The van der Waals surface area contributed by atoms with E-state index in [1.807, 2.05) is 19.9 Å². The second-order valence-electron chi connectivity index (χ2n) is 4.91. The number of non-ortho nitro benzene ring substituents is 1. The van der Waals surface area contributed by atoms with Gasteiger partial charge in [0.25, 0.3) is 5.69 Å². The standard InChI is InChI=1S/C16H15N3O3S/c1-10-6-11(2)18-16(14(10)8-17)23-9-12-7-13(19(20)21)4-5-15(12)22-3/h4-7H,9H2,1-3H3. The van der Waals surface area contributed by atoms with E-state index in [4.69, 9.17) is 4.74 Å². The van der Waals surface area contributed by atoms with Crippen molar-refractivity contribution < 1.29 is 9.66 Å². The van der Waals surface area contributed by atoms with Crippen molar-refractivity contribution >= 4 is 17.4 Å². The van der Waals surface area contributed by atoms with Gasteiger partial charge in [0.2, 0.25) is 0 Å². The molecule has 7 heteroatoms. The van der Waals surface area contributed by atoms with Gasteiger partial charge in [0.1, 0.15) is 16.8 Å². The number of hydrogen-bond acceptors (Lipinski definition) is 6. The number of aromatic nitrogens is 1. The molecule has 0 unspecified atom stereocenters. The Morgan fingerprint density at radius 2 is 2.13 bits per heavy atom. The highest BCUT2D eigenvalue weighted by atomic mass is 32.2. The van der Waals surface area contributed by atoms with Crippen LogP contribution in [0.25, 0.3) is 0 Å². The van der Waals surface area contributed by atoms with Crippen LogP contribution in [0.4, 0.5) is 5.69 Å². The largest absolute Gasteiger partial charge is 0.496 e. The van der Waals surface area contributed by atoms with Gasteiger partial charge in [-0.2, -0.15) is 5.26 Å². The summed E-state index contributed by atoms with van der Waals surface area (Å²) in [6, 6.07) is 8.49. The number of benzene rings is 1. The first kappa shape index (κ1) is 16.8. The van der Waals surface area contributed by atoms with Crippen LogP contribution >= 0.6 is 11.8 Å². The molecule has 0 N–H and O–H groups in total. The Labute approximate surface area is 138 Å². The zero-order chi connectivity index (χ0) is 17.0. The zero-order valence-corrected chi connectivity index (χ0v) is 13.8. The van der Waals surface area contributed by atoms with E-state index >= 15 is 0 Å². The van der Waals surface area contributed by atoms with Crippen molar-refractivity contribution in [1.29, 1.82) is 5.26 Å². The molecule has 2 rings (SSSR count).